The number of carboxylic acid groups (broad SMARTS) is 1. The van der Waals surface area contributed by atoms with Gasteiger partial charge in [0.25, 0.3) is 0 Å². The fourth-order valence-electron chi connectivity index (χ4n) is 16.4. The zero-order valence-corrected chi connectivity index (χ0v) is 45.3. The maximum atomic E-state index is 14.8. The van der Waals surface area contributed by atoms with E-state index in [0.717, 1.165) is 32.1 Å². The molecule has 440 valence electrons. The van der Waals surface area contributed by atoms with Crippen molar-refractivity contribution in [2.45, 2.75) is 249 Å². The van der Waals surface area contributed by atoms with E-state index in [0.29, 0.717) is 32.1 Å². The van der Waals surface area contributed by atoms with Crippen LogP contribution < -0.4 is 0 Å². The molecule has 0 aromatic rings. The lowest BCUT2D eigenvalue weighted by Gasteiger charge is -2.71. The highest BCUT2D eigenvalue weighted by molar-refractivity contribution is 5.79. The van der Waals surface area contributed by atoms with Crippen molar-refractivity contribution < 1.29 is 114 Å². The van der Waals surface area contributed by atoms with Crippen LogP contribution in [-0.4, -0.2) is 220 Å². The van der Waals surface area contributed by atoms with Gasteiger partial charge in [0.2, 0.25) is 6.29 Å². The van der Waals surface area contributed by atoms with E-state index in [1.165, 1.54) is 12.5 Å². The number of rotatable bonds is 11. The number of fused-ring (bicyclic) bond motifs is 7. The summed E-state index contributed by atoms with van der Waals surface area (Å²) in [6.45, 7) is 15.6. The van der Waals surface area contributed by atoms with Crippen LogP contribution in [0.5, 0.6) is 0 Å². The normalized spacial score (nSPS) is 53.4. The molecule has 9 rings (SSSR count). The van der Waals surface area contributed by atoms with E-state index in [4.69, 9.17) is 37.9 Å². The molecular weight excluding hydrogens is 1020 g/mol. The van der Waals surface area contributed by atoms with Gasteiger partial charge >= 0.3 is 11.9 Å². The van der Waals surface area contributed by atoms with Gasteiger partial charge in [0.05, 0.1) is 30.8 Å². The summed E-state index contributed by atoms with van der Waals surface area (Å²) in [5, 5.41) is 139. The molecule has 9 aliphatic rings. The monoisotopic (exact) mass is 1100 g/mol. The molecule has 0 aromatic heterocycles. The third kappa shape index (κ3) is 9.66. The molecule has 28 atom stereocenters. The van der Waals surface area contributed by atoms with Crippen molar-refractivity contribution in [1.29, 1.82) is 0 Å². The van der Waals surface area contributed by atoms with E-state index < -0.39 is 165 Å². The Kier molecular flexibility index (Phi) is 16.5. The molecule has 0 radical (unpaired) electrons. The standard InChI is InChI=1S/C54H86O23/c1-22-30(57)33(60)36(63)44(70-22)76-42-35(62)32(59)26(21-56)72-47(42)74-40-38(65)41(43(67)68)75-46(39(40)66)73-29-12-13-51(6)27(50(29,4)5)11-14-53(8)28(51)10-9-23-24-19-49(2,3)15-17-54(24,18-16-52(23,53)7)48(69)77-45-37(64)34(61)31(58)25(20-55)71-45/h9,22,24-42,44-47,55-66H,10-21H2,1-8H3,(H,67,68). The second-order valence-corrected chi connectivity index (χ2v) is 26.3. The minimum Gasteiger partial charge on any atom is -0.479 e. The molecule has 77 heavy (non-hydrogen) atoms. The van der Waals surface area contributed by atoms with Gasteiger partial charge in [-0.1, -0.05) is 60.1 Å². The third-order valence-electron chi connectivity index (χ3n) is 21.4. The number of carbonyl (C=O) groups is 2. The Morgan fingerprint density at radius 1 is 0.584 bits per heavy atom. The topological polar surface area (TPSA) is 371 Å². The highest BCUT2D eigenvalue weighted by Crippen LogP contribution is 2.76. The summed E-state index contributed by atoms with van der Waals surface area (Å²) in [6.07, 6.45) is -25.9. The van der Waals surface area contributed by atoms with Crippen LogP contribution in [0.4, 0.5) is 0 Å². The first kappa shape index (κ1) is 59.5. The smallest absolute Gasteiger partial charge is 0.335 e. The van der Waals surface area contributed by atoms with Gasteiger partial charge in [-0.3, -0.25) is 4.79 Å². The van der Waals surface area contributed by atoms with E-state index in [9.17, 15) is 76.0 Å². The zero-order chi connectivity index (χ0) is 56.4. The van der Waals surface area contributed by atoms with Gasteiger partial charge in [-0.15, -0.1) is 0 Å². The van der Waals surface area contributed by atoms with Crippen molar-refractivity contribution >= 4 is 11.9 Å². The average Bonchev–Trinajstić information content (AvgIpc) is 3.39. The van der Waals surface area contributed by atoms with E-state index >= 15 is 0 Å². The van der Waals surface area contributed by atoms with Gasteiger partial charge < -0.3 is 104 Å². The van der Waals surface area contributed by atoms with Gasteiger partial charge in [0, 0.05) is 0 Å². The quantitative estimate of drug-likeness (QED) is 0.0676. The predicted octanol–water partition coefficient (Wildman–Crippen LogP) is -0.915. The summed E-state index contributed by atoms with van der Waals surface area (Å²) in [6, 6.07) is 0. The first-order valence-electron chi connectivity index (χ1n) is 27.7. The Hall–Kier alpha value is -2.08. The number of carbonyl (C=O) groups excluding carboxylic acids is 1. The number of hydrogen-bond acceptors (Lipinski definition) is 22. The van der Waals surface area contributed by atoms with Crippen molar-refractivity contribution in [2.24, 2.45) is 50.2 Å². The Morgan fingerprint density at radius 3 is 1.82 bits per heavy atom. The Morgan fingerprint density at radius 2 is 1.17 bits per heavy atom. The third-order valence-corrected chi connectivity index (χ3v) is 21.4. The fourth-order valence-corrected chi connectivity index (χ4v) is 16.4. The van der Waals surface area contributed by atoms with Crippen LogP contribution in [0.25, 0.3) is 0 Å². The summed E-state index contributed by atoms with van der Waals surface area (Å²) in [4.78, 5) is 27.5. The molecule has 4 saturated heterocycles. The van der Waals surface area contributed by atoms with Gasteiger partial charge in [0.1, 0.15) is 85.5 Å². The molecule has 0 aromatic carbocycles. The molecule has 23 heteroatoms. The Balaban J connectivity index is 0.944. The molecule has 23 nitrogen and oxygen atoms in total. The van der Waals surface area contributed by atoms with Crippen molar-refractivity contribution in [2.75, 3.05) is 13.2 Å². The van der Waals surface area contributed by atoms with Gasteiger partial charge in [-0.25, -0.2) is 4.79 Å². The first-order chi connectivity index (χ1) is 35.9. The number of esters is 1. The highest BCUT2D eigenvalue weighted by atomic mass is 16.8. The van der Waals surface area contributed by atoms with Crippen LogP contribution in [-0.2, 0) is 47.5 Å². The second kappa shape index (κ2) is 21.3. The molecule has 5 aliphatic carbocycles. The largest absolute Gasteiger partial charge is 0.479 e. The van der Waals surface area contributed by atoms with Crippen LogP contribution in [0.3, 0.4) is 0 Å². The van der Waals surface area contributed by atoms with Crippen LogP contribution in [0.1, 0.15) is 120 Å². The number of aliphatic hydroxyl groups is 12. The summed E-state index contributed by atoms with van der Waals surface area (Å²) in [5.74, 6) is -2.12. The molecule has 8 fully saturated rings. The lowest BCUT2D eigenvalue weighted by molar-refractivity contribution is -0.389. The van der Waals surface area contributed by atoms with Gasteiger partial charge in [-0.05, 0) is 116 Å². The number of aliphatic hydroxyl groups excluding tert-OH is 12. The minimum absolute atomic E-state index is 0.0420. The maximum Gasteiger partial charge on any atom is 0.335 e. The molecule has 0 bridgehead atoms. The highest BCUT2D eigenvalue weighted by Gasteiger charge is 2.70. The summed E-state index contributed by atoms with van der Waals surface area (Å²) in [5.41, 5.74) is -1.27. The summed E-state index contributed by atoms with van der Waals surface area (Å²) in [7, 11) is 0. The molecule has 13 N–H and O–H groups in total. The maximum absolute atomic E-state index is 14.8. The van der Waals surface area contributed by atoms with Crippen LogP contribution in [0.15, 0.2) is 11.6 Å². The molecule has 28 unspecified atom stereocenters. The number of allylic oxidation sites excluding steroid dienone is 2. The van der Waals surface area contributed by atoms with Crippen molar-refractivity contribution in [3.63, 3.8) is 0 Å². The van der Waals surface area contributed by atoms with Crippen molar-refractivity contribution in [3.05, 3.63) is 11.6 Å². The first-order valence-corrected chi connectivity index (χ1v) is 27.7. The molecule has 4 heterocycles. The SMILES string of the molecule is CC1OC(OC2C(OC3C(O)C(OC4CCC5(C)C(CCC6(C)C5CC=C5C7CC(C)(C)CCC7(C(=O)OC7OC(CO)C(O)C(O)C7O)CCC56C)C4(C)C)OC(C(=O)O)C3O)OC(CO)C(O)C2O)C(O)C(O)C1O. The van der Waals surface area contributed by atoms with E-state index in [2.05, 4.69) is 54.5 Å². The van der Waals surface area contributed by atoms with Gasteiger partial charge in [-0.2, -0.15) is 0 Å². The molecule has 4 aliphatic heterocycles. The molecule has 0 spiro atoms. The summed E-state index contributed by atoms with van der Waals surface area (Å²) >= 11 is 0. The molecule has 4 saturated carbocycles. The van der Waals surface area contributed by atoms with E-state index in [-0.39, 0.29) is 39.4 Å². The second-order valence-electron chi connectivity index (χ2n) is 26.3. The Bertz CT molecular complexity index is 2180. The van der Waals surface area contributed by atoms with E-state index in [1.807, 2.05) is 0 Å². The fraction of sp³-hybridized carbons (Fsp3) is 0.926. The summed E-state index contributed by atoms with van der Waals surface area (Å²) < 4.78 is 47.5. The van der Waals surface area contributed by atoms with Crippen LogP contribution in [0, 0.1) is 50.2 Å². The zero-order valence-electron chi connectivity index (χ0n) is 45.3. The van der Waals surface area contributed by atoms with Crippen LogP contribution in [0.2, 0.25) is 0 Å². The van der Waals surface area contributed by atoms with Crippen LogP contribution >= 0.6 is 0 Å². The average molecular weight is 1100 g/mol. The minimum atomic E-state index is -2.08. The van der Waals surface area contributed by atoms with Crippen molar-refractivity contribution in [1.82, 2.24) is 0 Å². The van der Waals surface area contributed by atoms with E-state index in [1.54, 1.807) is 0 Å². The predicted molar refractivity (Wildman–Crippen MR) is 262 cm³/mol. The number of carboxylic acids is 1. The number of aliphatic carboxylic acids is 1. The molecular formula is C54H86O23. The lowest BCUT2D eigenvalue weighted by Crippen LogP contribution is -2.68. The Labute approximate surface area is 448 Å². The molecule has 0 amide bonds. The van der Waals surface area contributed by atoms with Crippen molar-refractivity contribution in [3.8, 4) is 0 Å². The number of hydrogen-bond donors (Lipinski definition) is 13. The lowest BCUT2D eigenvalue weighted by atomic mass is 9.33. The number of ether oxygens (including phenoxy) is 8. The van der Waals surface area contributed by atoms with Gasteiger partial charge in [0.15, 0.2) is 25.0 Å².